The summed E-state index contributed by atoms with van der Waals surface area (Å²) in [7, 11) is 0. The van der Waals surface area contributed by atoms with Crippen molar-refractivity contribution in [3.05, 3.63) is 34.3 Å². The van der Waals surface area contributed by atoms with E-state index in [1.807, 2.05) is 0 Å². The fraction of sp³-hybridized carbons (Fsp3) is 0.667. The lowest BCUT2D eigenvalue weighted by atomic mass is 9.81. The first-order valence-electron chi connectivity index (χ1n) is 8.06. The van der Waals surface area contributed by atoms with Gasteiger partial charge in [-0.2, -0.15) is 0 Å². The number of hydrogen-bond donors (Lipinski definition) is 1. The predicted molar refractivity (Wildman–Crippen MR) is 90.9 cm³/mol. The minimum atomic E-state index is 0.440. The van der Waals surface area contributed by atoms with Crippen LogP contribution in [-0.2, 0) is 0 Å². The van der Waals surface area contributed by atoms with Gasteiger partial charge in [0.2, 0.25) is 0 Å². The first-order chi connectivity index (χ1) is 9.54. The van der Waals surface area contributed by atoms with E-state index in [9.17, 15) is 0 Å². The van der Waals surface area contributed by atoms with Crippen molar-refractivity contribution in [3.63, 3.8) is 0 Å². The van der Waals surface area contributed by atoms with Crippen LogP contribution in [0.25, 0.3) is 0 Å². The van der Waals surface area contributed by atoms with Gasteiger partial charge >= 0.3 is 0 Å². The molecule has 0 aliphatic heterocycles. The fourth-order valence-corrected chi connectivity index (χ4v) is 3.97. The SMILES string of the molecule is CC(C)CC1CCCC(N[C@H](C)c2cccc(Br)c2)C1. The topological polar surface area (TPSA) is 12.0 Å². The molecule has 0 saturated heterocycles. The van der Waals surface area contributed by atoms with E-state index in [1.165, 1.54) is 42.1 Å². The van der Waals surface area contributed by atoms with Gasteiger partial charge in [-0.15, -0.1) is 0 Å². The Hall–Kier alpha value is -0.340. The number of halogens is 1. The monoisotopic (exact) mass is 337 g/mol. The molecule has 1 nitrogen and oxygen atoms in total. The van der Waals surface area contributed by atoms with Crippen LogP contribution in [0.2, 0.25) is 0 Å². The Morgan fingerprint density at radius 1 is 1.25 bits per heavy atom. The van der Waals surface area contributed by atoms with Gasteiger partial charge in [-0.1, -0.05) is 54.8 Å². The molecule has 1 aromatic rings. The highest BCUT2D eigenvalue weighted by Crippen LogP contribution is 2.30. The van der Waals surface area contributed by atoms with Gasteiger partial charge in [-0.05, 0) is 55.7 Å². The van der Waals surface area contributed by atoms with Crippen molar-refractivity contribution in [1.29, 1.82) is 0 Å². The lowest BCUT2D eigenvalue weighted by Crippen LogP contribution is -2.36. The molecular weight excluding hydrogens is 310 g/mol. The van der Waals surface area contributed by atoms with Crippen molar-refractivity contribution >= 4 is 15.9 Å². The van der Waals surface area contributed by atoms with Crippen molar-refractivity contribution < 1.29 is 0 Å². The molecular formula is C18H28BrN. The Morgan fingerprint density at radius 3 is 2.75 bits per heavy atom. The highest BCUT2D eigenvalue weighted by atomic mass is 79.9. The molecule has 0 radical (unpaired) electrons. The third-order valence-corrected chi connectivity index (χ3v) is 4.92. The average Bonchev–Trinajstić information content (AvgIpc) is 2.38. The molecule has 0 amide bonds. The highest BCUT2D eigenvalue weighted by Gasteiger charge is 2.23. The molecule has 0 aromatic heterocycles. The lowest BCUT2D eigenvalue weighted by Gasteiger charge is -2.33. The average molecular weight is 338 g/mol. The standard InChI is InChI=1S/C18H28BrN/c1-13(2)10-15-6-4-9-18(11-15)20-14(3)16-7-5-8-17(19)12-16/h5,7-8,12-15,18,20H,4,6,9-11H2,1-3H3/t14-,15?,18?/m1/s1. The summed E-state index contributed by atoms with van der Waals surface area (Å²) >= 11 is 3.56. The second-order valence-corrected chi connectivity index (χ2v) is 7.72. The Kier molecular flexibility index (Phi) is 6.10. The number of benzene rings is 1. The Balaban J connectivity index is 1.89. The van der Waals surface area contributed by atoms with Crippen molar-refractivity contribution in [1.82, 2.24) is 5.32 Å². The molecule has 2 rings (SSSR count). The van der Waals surface area contributed by atoms with E-state index in [0.29, 0.717) is 12.1 Å². The summed E-state index contributed by atoms with van der Waals surface area (Å²) in [5.74, 6) is 1.76. The van der Waals surface area contributed by atoms with Crippen molar-refractivity contribution in [2.24, 2.45) is 11.8 Å². The molecule has 3 atom stereocenters. The Bertz CT molecular complexity index is 416. The summed E-state index contributed by atoms with van der Waals surface area (Å²) in [5.41, 5.74) is 1.38. The summed E-state index contributed by atoms with van der Waals surface area (Å²) < 4.78 is 1.17. The zero-order chi connectivity index (χ0) is 14.5. The second kappa shape index (κ2) is 7.61. The molecule has 0 bridgehead atoms. The van der Waals surface area contributed by atoms with Gasteiger partial charge in [0, 0.05) is 16.6 Å². The molecule has 1 N–H and O–H groups in total. The molecule has 1 aromatic carbocycles. The van der Waals surface area contributed by atoms with Crippen LogP contribution in [0.15, 0.2) is 28.7 Å². The first-order valence-corrected chi connectivity index (χ1v) is 8.85. The van der Waals surface area contributed by atoms with Gasteiger partial charge in [-0.3, -0.25) is 0 Å². The van der Waals surface area contributed by atoms with Crippen LogP contribution in [0.5, 0.6) is 0 Å². The van der Waals surface area contributed by atoms with E-state index in [1.54, 1.807) is 0 Å². The zero-order valence-electron chi connectivity index (χ0n) is 13.0. The number of rotatable bonds is 5. The van der Waals surface area contributed by atoms with E-state index in [2.05, 4.69) is 66.3 Å². The van der Waals surface area contributed by atoms with E-state index in [0.717, 1.165) is 11.8 Å². The van der Waals surface area contributed by atoms with E-state index in [4.69, 9.17) is 0 Å². The van der Waals surface area contributed by atoms with Crippen molar-refractivity contribution in [2.45, 2.75) is 65.0 Å². The summed E-state index contributed by atoms with van der Waals surface area (Å²) in [6, 6.07) is 9.80. The maximum absolute atomic E-state index is 3.84. The highest BCUT2D eigenvalue weighted by molar-refractivity contribution is 9.10. The van der Waals surface area contributed by atoms with Gasteiger partial charge in [0.05, 0.1) is 0 Å². The molecule has 20 heavy (non-hydrogen) atoms. The Labute approximate surface area is 132 Å². The van der Waals surface area contributed by atoms with Crippen LogP contribution in [0.4, 0.5) is 0 Å². The summed E-state index contributed by atoms with van der Waals surface area (Å²) in [6.07, 6.45) is 6.91. The van der Waals surface area contributed by atoms with Crippen LogP contribution < -0.4 is 5.32 Å². The van der Waals surface area contributed by atoms with Gasteiger partial charge < -0.3 is 5.32 Å². The summed E-state index contributed by atoms with van der Waals surface area (Å²) in [6.45, 7) is 6.98. The van der Waals surface area contributed by atoms with Gasteiger partial charge in [0.25, 0.3) is 0 Å². The molecule has 1 fully saturated rings. The summed E-state index contributed by atoms with van der Waals surface area (Å²) in [5, 5.41) is 3.84. The molecule has 0 spiro atoms. The Morgan fingerprint density at radius 2 is 2.05 bits per heavy atom. The number of hydrogen-bond acceptors (Lipinski definition) is 1. The predicted octanol–water partition coefficient (Wildman–Crippen LogP) is 5.70. The summed E-state index contributed by atoms with van der Waals surface area (Å²) in [4.78, 5) is 0. The zero-order valence-corrected chi connectivity index (χ0v) is 14.6. The minimum absolute atomic E-state index is 0.440. The maximum Gasteiger partial charge on any atom is 0.0294 e. The molecule has 1 saturated carbocycles. The van der Waals surface area contributed by atoms with Crippen molar-refractivity contribution in [2.75, 3.05) is 0 Å². The normalized spacial score (nSPS) is 24.9. The van der Waals surface area contributed by atoms with Gasteiger partial charge in [0.1, 0.15) is 0 Å². The quantitative estimate of drug-likeness (QED) is 0.726. The molecule has 2 unspecified atom stereocenters. The number of nitrogens with one attached hydrogen (secondary N) is 1. The molecule has 1 aliphatic rings. The maximum atomic E-state index is 3.84. The van der Waals surface area contributed by atoms with Crippen LogP contribution in [0.1, 0.15) is 64.5 Å². The largest absolute Gasteiger partial charge is 0.307 e. The third kappa shape index (κ3) is 4.89. The van der Waals surface area contributed by atoms with Gasteiger partial charge in [0.15, 0.2) is 0 Å². The molecule has 0 heterocycles. The van der Waals surface area contributed by atoms with E-state index in [-0.39, 0.29) is 0 Å². The van der Waals surface area contributed by atoms with E-state index >= 15 is 0 Å². The minimum Gasteiger partial charge on any atom is -0.307 e. The molecule has 1 aliphatic carbocycles. The van der Waals surface area contributed by atoms with Crippen LogP contribution in [-0.4, -0.2) is 6.04 Å². The van der Waals surface area contributed by atoms with E-state index < -0.39 is 0 Å². The van der Waals surface area contributed by atoms with Crippen LogP contribution in [0, 0.1) is 11.8 Å². The second-order valence-electron chi connectivity index (χ2n) is 6.80. The molecule has 2 heteroatoms. The van der Waals surface area contributed by atoms with Crippen molar-refractivity contribution in [3.8, 4) is 0 Å². The third-order valence-electron chi connectivity index (χ3n) is 4.42. The first kappa shape index (κ1) is 16.0. The van der Waals surface area contributed by atoms with Crippen LogP contribution >= 0.6 is 15.9 Å². The van der Waals surface area contributed by atoms with Gasteiger partial charge in [-0.25, -0.2) is 0 Å². The lowest BCUT2D eigenvalue weighted by molar-refractivity contribution is 0.242. The smallest absolute Gasteiger partial charge is 0.0294 e. The molecule has 112 valence electrons. The fourth-order valence-electron chi connectivity index (χ4n) is 3.55. The van der Waals surface area contributed by atoms with Crippen LogP contribution in [0.3, 0.4) is 0 Å².